The molecule has 2 N–H and O–H groups in total. The van der Waals surface area contributed by atoms with Crippen molar-refractivity contribution in [3.63, 3.8) is 0 Å². The predicted molar refractivity (Wildman–Crippen MR) is 88.1 cm³/mol. The maximum atomic E-state index is 12.3. The number of aromatic nitrogens is 1. The fraction of sp³-hybridized carbons (Fsp3) is 0.375. The molecule has 116 valence electrons. The second-order valence-electron chi connectivity index (χ2n) is 5.45. The van der Waals surface area contributed by atoms with Crippen LogP contribution in [0.4, 0.5) is 10.5 Å². The highest BCUT2D eigenvalue weighted by Gasteiger charge is 2.32. The van der Waals surface area contributed by atoms with Crippen LogP contribution in [0.2, 0.25) is 0 Å². The molecule has 1 aliphatic rings. The molecular formula is C16H19N3O2S. The number of benzene rings is 1. The summed E-state index contributed by atoms with van der Waals surface area (Å²) in [7, 11) is 0. The van der Waals surface area contributed by atoms with Gasteiger partial charge in [-0.3, -0.25) is 0 Å². The van der Waals surface area contributed by atoms with Crippen molar-refractivity contribution in [3.05, 3.63) is 35.3 Å². The van der Waals surface area contributed by atoms with E-state index in [1.807, 2.05) is 36.6 Å². The van der Waals surface area contributed by atoms with Crippen LogP contribution in [0, 0.1) is 6.92 Å². The average Bonchev–Trinajstić information content (AvgIpc) is 3.25. The van der Waals surface area contributed by atoms with Gasteiger partial charge in [-0.2, -0.15) is 0 Å². The summed E-state index contributed by atoms with van der Waals surface area (Å²) in [6.07, 6.45) is 2.04. The first kappa shape index (κ1) is 15.0. The summed E-state index contributed by atoms with van der Waals surface area (Å²) in [5.41, 5.74) is 2.74. The van der Waals surface area contributed by atoms with Gasteiger partial charge >= 0.3 is 6.03 Å². The Bertz CT molecular complexity index is 667. The van der Waals surface area contributed by atoms with E-state index in [2.05, 4.69) is 10.3 Å². The van der Waals surface area contributed by atoms with E-state index < -0.39 is 0 Å². The quantitative estimate of drug-likeness (QED) is 0.890. The van der Waals surface area contributed by atoms with Crippen molar-refractivity contribution in [3.8, 4) is 10.6 Å². The molecule has 1 heterocycles. The van der Waals surface area contributed by atoms with Crippen LogP contribution >= 0.6 is 11.3 Å². The molecule has 1 fully saturated rings. The largest absolute Gasteiger partial charge is 0.395 e. The molecule has 0 radical (unpaired) electrons. The van der Waals surface area contributed by atoms with Crippen molar-refractivity contribution in [2.24, 2.45) is 0 Å². The third kappa shape index (κ3) is 3.45. The molecule has 1 aliphatic carbocycles. The summed E-state index contributed by atoms with van der Waals surface area (Å²) in [6, 6.07) is 7.82. The lowest BCUT2D eigenvalue weighted by Gasteiger charge is -2.21. The lowest BCUT2D eigenvalue weighted by atomic mass is 10.2. The van der Waals surface area contributed by atoms with Crippen LogP contribution in [0.3, 0.4) is 0 Å². The molecule has 0 aliphatic heterocycles. The minimum Gasteiger partial charge on any atom is -0.395 e. The topological polar surface area (TPSA) is 65.5 Å². The molecule has 2 aromatic rings. The summed E-state index contributed by atoms with van der Waals surface area (Å²) >= 11 is 1.59. The van der Waals surface area contributed by atoms with Gasteiger partial charge in [0.1, 0.15) is 5.01 Å². The summed E-state index contributed by atoms with van der Waals surface area (Å²) in [4.78, 5) is 18.5. The molecule has 1 aromatic carbocycles. The van der Waals surface area contributed by atoms with Gasteiger partial charge in [-0.05, 0) is 31.9 Å². The van der Waals surface area contributed by atoms with E-state index in [0.717, 1.165) is 34.8 Å². The number of aliphatic hydroxyl groups excluding tert-OH is 1. The van der Waals surface area contributed by atoms with Crippen LogP contribution < -0.4 is 5.32 Å². The number of aryl methyl sites for hydroxylation is 1. The molecule has 5 nitrogen and oxygen atoms in total. The van der Waals surface area contributed by atoms with E-state index >= 15 is 0 Å². The number of thiazole rings is 1. The van der Waals surface area contributed by atoms with Crippen molar-refractivity contribution in [1.82, 2.24) is 9.88 Å². The standard InChI is InChI=1S/C16H19N3O2S/c1-11-10-22-15(17-11)12-3-2-4-13(9-12)18-16(21)19(7-8-20)14-5-6-14/h2-4,9-10,14,20H,5-8H2,1H3,(H,18,21). The minimum absolute atomic E-state index is 0.0116. The number of carbonyl (C=O) groups is 1. The molecule has 6 heteroatoms. The lowest BCUT2D eigenvalue weighted by molar-refractivity contribution is 0.185. The summed E-state index contributed by atoms with van der Waals surface area (Å²) < 4.78 is 0. The molecule has 3 rings (SSSR count). The zero-order chi connectivity index (χ0) is 15.5. The van der Waals surface area contributed by atoms with Gasteiger partial charge in [-0.25, -0.2) is 9.78 Å². The SMILES string of the molecule is Cc1csc(-c2cccc(NC(=O)N(CCO)C3CC3)c2)n1. The lowest BCUT2D eigenvalue weighted by Crippen LogP contribution is -2.38. The molecule has 22 heavy (non-hydrogen) atoms. The molecule has 1 aromatic heterocycles. The van der Waals surface area contributed by atoms with E-state index in [1.165, 1.54) is 0 Å². The normalized spacial score (nSPS) is 13.9. The van der Waals surface area contributed by atoms with Gasteiger partial charge in [0.2, 0.25) is 0 Å². The highest BCUT2D eigenvalue weighted by atomic mass is 32.1. The van der Waals surface area contributed by atoms with Gasteiger partial charge in [-0.15, -0.1) is 11.3 Å². The number of carbonyl (C=O) groups excluding carboxylic acids is 1. The van der Waals surface area contributed by atoms with Crippen molar-refractivity contribution >= 4 is 23.1 Å². The Morgan fingerprint density at radius 1 is 1.50 bits per heavy atom. The van der Waals surface area contributed by atoms with Crippen LogP contribution in [-0.4, -0.2) is 40.2 Å². The smallest absolute Gasteiger partial charge is 0.322 e. The Kier molecular flexibility index (Phi) is 4.40. The summed E-state index contributed by atoms with van der Waals surface area (Å²) in [5.74, 6) is 0. The van der Waals surface area contributed by atoms with Crippen LogP contribution in [0.25, 0.3) is 10.6 Å². The molecule has 0 unspecified atom stereocenters. The molecule has 0 saturated heterocycles. The van der Waals surface area contributed by atoms with E-state index in [1.54, 1.807) is 16.2 Å². The van der Waals surface area contributed by atoms with E-state index in [9.17, 15) is 4.79 Å². The van der Waals surface area contributed by atoms with Gasteiger partial charge in [0.05, 0.1) is 6.61 Å². The summed E-state index contributed by atoms with van der Waals surface area (Å²) in [6.45, 7) is 2.33. The van der Waals surface area contributed by atoms with Crippen LogP contribution in [0.5, 0.6) is 0 Å². The molecule has 0 spiro atoms. The van der Waals surface area contributed by atoms with Crippen molar-refractivity contribution in [2.75, 3.05) is 18.5 Å². The number of hydrogen-bond donors (Lipinski definition) is 2. The number of hydrogen-bond acceptors (Lipinski definition) is 4. The van der Waals surface area contributed by atoms with Crippen LogP contribution in [0.15, 0.2) is 29.6 Å². The van der Waals surface area contributed by atoms with Gasteiger partial charge in [0.15, 0.2) is 0 Å². The number of amides is 2. The number of aliphatic hydroxyl groups is 1. The second-order valence-corrected chi connectivity index (χ2v) is 6.31. The van der Waals surface area contributed by atoms with E-state index in [0.29, 0.717) is 6.54 Å². The minimum atomic E-state index is -0.149. The molecule has 2 amide bonds. The zero-order valence-corrected chi connectivity index (χ0v) is 13.3. The fourth-order valence-electron chi connectivity index (χ4n) is 2.36. The van der Waals surface area contributed by atoms with Crippen molar-refractivity contribution in [2.45, 2.75) is 25.8 Å². The van der Waals surface area contributed by atoms with Crippen molar-refractivity contribution < 1.29 is 9.90 Å². The number of urea groups is 1. The van der Waals surface area contributed by atoms with Crippen LogP contribution in [-0.2, 0) is 0 Å². The number of nitrogens with zero attached hydrogens (tertiary/aromatic N) is 2. The maximum Gasteiger partial charge on any atom is 0.322 e. The van der Waals surface area contributed by atoms with Crippen LogP contribution in [0.1, 0.15) is 18.5 Å². The second kappa shape index (κ2) is 6.46. The highest BCUT2D eigenvalue weighted by molar-refractivity contribution is 7.13. The van der Waals surface area contributed by atoms with Gasteiger partial charge in [0, 0.05) is 34.9 Å². The maximum absolute atomic E-state index is 12.3. The average molecular weight is 317 g/mol. The fourth-order valence-corrected chi connectivity index (χ4v) is 3.15. The molecule has 1 saturated carbocycles. The first-order chi connectivity index (χ1) is 10.7. The Morgan fingerprint density at radius 3 is 2.95 bits per heavy atom. The third-order valence-corrected chi connectivity index (χ3v) is 4.58. The van der Waals surface area contributed by atoms with Gasteiger partial charge in [-0.1, -0.05) is 12.1 Å². The van der Waals surface area contributed by atoms with Gasteiger partial charge in [0.25, 0.3) is 0 Å². The third-order valence-electron chi connectivity index (χ3n) is 3.57. The van der Waals surface area contributed by atoms with Gasteiger partial charge < -0.3 is 15.3 Å². The number of nitrogens with one attached hydrogen (secondary N) is 1. The number of anilines is 1. The van der Waals surface area contributed by atoms with E-state index in [-0.39, 0.29) is 18.7 Å². The Morgan fingerprint density at radius 2 is 2.32 bits per heavy atom. The zero-order valence-electron chi connectivity index (χ0n) is 12.5. The Hall–Kier alpha value is -1.92. The molecular weight excluding hydrogens is 298 g/mol. The first-order valence-corrected chi connectivity index (χ1v) is 8.26. The molecule has 0 atom stereocenters. The highest BCUT2D eigenvalue weighted by Crippen LogP contribution is 2.28. The summed E-state index contributed by atoms with van der Waals surface area (Å²) in [5, 5.41) is 15.0. The first-order valence-electron chi connectivity index (χ1n) is 7.38. The number of rotatable bonds is 5. The van der Waals surface area contributed by atoms with Crippen molar-refractivity contribution in [1.29, 1.82) is 0 Å². The predicted octanol–water partition coefficient (Wildman–Crippen LogP) is 3.11. The monoisotopic (exact) mass is 317 g/mol. The Balaban J connectivity index is 1.73. The molecule has 0 bridgehead atoms. The Labute approximate surface area is 133 Å². The van der Waals surface area contributed by atoms with E-state index in [4.69, 9.17) is 5.11 Å².